The van der Waals surface area contributed by atoms with E-state index in [9.17, 15) is 4.79 Å². The molecule has 3 aromatic rings. The lowest BCUT2D eigenvalue weighted by Gasteiger charge is -2.27. The van der Waals surface area contributed by atoms with Crippen LogP contribution in [0.2, 0.25) is 0 Å². The van der Waals surface area contributed by atoms with Crippen molar-refractivity contribution in [3.8, 4) is 23.0 Å². The maximum atomic E-state index is 12.8. The molecule has 1 heterocycles. The zero-order valence-electron chi connectivity index (χ0n) is 20.0. The fourth-order valence-electron chi connectivity index (χ4n) is 4.34. The maximum absolute atomic E-state index is 12.8. The van der Waals surface area contributed by atoms with E-state index < -0.39 is 0 Å². The zero-order chi connectivity index (χ0) is 23.9. The highest BCUT2D eigenvalue weighted by molar-refractivity contribution is 5.75. The van der Waals surface area contributed by atoms with Crippen LogP contribution in [-0.4, -0.2) is 38.4 Å². The van der Waals surface area contributed by atoms with Gasteiger partial charge in [-0.15, -0.1) is 0 Å². The molecular weight excluding hydrogens is 430 g/mol. The van der Waals surface area contributed by atoms with Gasteiger partial charge in [0.05, 0.1) is 14.2 Å². The Bertz CT molecular complexity index is 1110. The van der Waals surface area contributed by atoms with E-state index in [1.807, 2.05) is 66.4 Å². The van der Waals surface area contributed by atoms with Crippen molar-refractivity contribution in [2.45, 2.75) is 32.2 Å². The standard InChI is InChI=1S/C28H31NO5/c1-4-28(30)29(18-20-9-12-22(31-2)13-10-20)16-15-23(24-7-5-6-8-25(24)32-3)21-11-14-26-27(17-21)34-19-33-26/h5-14,17,23H,4,15-16,18-19H2,1-3H3/t23-/m0/s1. The minimum Gasteiger partial charge on any atom is -0.497 e. The van der Waals surface area contributed by atoms with Gasteiger partial charge in [-0.3, -0.25) is 4.79 Å². The lowest BCUT2D eigenvalue weighted by Crippen LogP contribution is -2.31. The molecule has 0 aliphatic carbocycles. The average Bonchev–Trinajstić information content (AvgIpc) is 3.36. The first-order valence-electron chi connectivity index (χ1n) is 11.6. The molecule has 6 nitrogen and oxygen atoms in total. The number of methoxy groups -OCH3 is 2. The van der Waals surface area contributed by atoms with Crippen LogP contribution in [0.25, 0.3) is 0 Å². The first-order chi connectivity index (χ1) is 16.6. The van der Waals surface area contributed by atoms with Gasteiger partial charge in [0, 0.05) is 31.0 Å². The second-order valence-corrected chi connectivity index (χ2v) is 8.21. The number of carbonyl (C=O) groups excluding carboxylic acids is 1. The zero-order valence-corrected chi connectivity index (χ0v) is 20.0. The number of para-hydroxylation sites is 1. The summed E-state index contributed by atoms with van der Waals surface area (Å²) in [4.78, 5) is 14.8. The van der Waals surface area contributed by atoms with Gasteiger partial charge >= 0.3 is 0 Å². The van der Waals surface area contributed by atoms with Crippen molar-refractivity contribution in [1.82, 2.24) is 4.90 Å². The summed E-state index contributed by atoms with van der Waals surface area (Å²) in [6, 6.07) is 22.0. The highest BCUT2D eigenvalue weighted by Gasteiger charge is 2.24. The Morgan fingerprint density at radius 1 is 0.971 bits per heavy atom. The third-order valence-corrected chi connectivity index (χ3v) is 6.19. The van der Waals surface area contributed by atoms with E-state index in [-0.39, 0.29) is 18.6 Å². The summed E-state index contributed by atoms with van der Waals surface area (Å²) in [6.45, 7) is 3.30. The summed E-state index contributed by atoms with van der Waals surface area (Å²) in [5, 5.41) is 0. The molecule has 4 rings (SSSR count). The number of benzene rings is 3. The SMILES string of the molecule is CCC(=O)N(CC[C@@H](c1ccc2c(c1)OCO2)c1ccccc1OC)Cc1ccc(OC)cc1. The van der Waals surface area contributed by atoms with E-state index in [0.717, 1.165) is 46.1 Å². The smallest absolute Gasteiger partial charge is 0.231 e. The van der Waals surface area contributed by atoms with Crippen molar-refractivity contribution in [3.63, 3.8) is 0 Å². The highest BCUT2D eigenvalue weighted by atomic mass is 16.7. The third kappa shape index (κ3) is 5.28. The van der Waals surface area contributed by atoms with Crippen molar-refractivity contribution in [2.24, 2.45) is 0 Å². The monoisotopic (exact) mass is 461 g/mol. The van der Waals surface area contributed by atoms with Gasteiger partial charge in [0.15, 0.2) is 11.5 Å². The number of amides is 1. The Hall–Kier alpha value is -3.67. The molecule has 1 atom stereocenters. The minimum atomic E-state index is 0.0219. The maximum Gasteiger partial charge on any atom is 0.231 e. The molecule has 0 saturated heterocycles. The molecule has 178 valence electrons. The van der Waals surface area contributed by atoms with Crippen molar-refractivity contribution in [3.05, 3.63) is 83.4 Å². The summed E-state index contributed by atoms with van der Waals surface area (Å²) >= 11 is 0. The quantitative estimate of drug-likeness (QED) is 0.405. The topological polar surface area (TPSA) is 57.2 Å². The van der Waals surface area contributed by atoms with Gasteiger partial charge in [-0.25, -0.2) is 0 Å². The Morgan fingerprint density at radius 3 is 2.47 bits per heavy atom. The van der Waals surface area contributed by atoms with Crippen LogP contribution >= 0.6 is 0 Å². The Labute approximate surface area is 201 Å². The molecule has 1 aliphatic rings. The number of hydrogen-bond acceptors (Lipinski definition) is 5. The van der Waals surface area contributed by atoms with Gasteiger partial charge < -0.3 is 23.8 Å². The van der Waals surface area contributed by atoms with Crippen LogP contribution < -0.4 is 18.9 Å². The Morgan fingerprint density at radius 2 is 1.74 bits per heavy atom. The molecule has 0 spiro atoms. The number of rotatable bonds is 10. The summed E-state index contributed by atoms with van der Waals surface area (Å²) in [5.74, 6) is 3.28. The summed E-state index contributed by atoms with van der Waals surface area (Å²) in [5.41, 5.74) is 3.25. The molecule has 3 aromatic carbocycles. The number of hydrogen-bond donors (Lipinski definition) is 0. The molecule has 0 radical (unpaired) electrons. The molecule has 6 heteroatoms. The average molecular weight is 462 g/mol. The molecule has 0 N–H and O–H groups in total. The first-order valence-corrected chi connectivity index (χ1v) is 11.6. The molecular formula is C28H31NO5. The number of nitrogens with zero attached hydrogens (tertiary/aromatic N) is 1. The van der Waals surface area contributed by atoms with Gasteiger partial charge in [-0.1, -0.05) is 43.3 Å². The molecule has 0 aromatic heterocycles. The number of fused-ring (bicyclic) bond motifs is 1. The lowest BCUT2D eigenvalue weighted by molar-refractivity contribution is -0.131. The van der Waals surface area contributed by atoms with Crippen LogP contribution in [-0.2, 0) is 11.3 Å². The van der Waals surface area contributed by atoms with Crippen molar-refractivity contribution in [1.29, 1.82) is 0 Å². The number of ether oxygens (including phenoxy) is 4. The largest absolute Gasteiger partial charge is 0.497 e. The van der Waals surface area contributed by atoms with Crippen LogP contribution in [0, 0.1) is 0 Å². The third-order valence-electron chi connectivity index (χ3n) is 6.19. The lowest BCUT2D eigenvalue weighted by atomic mass is 9.87. The number of carbonyl (C=O) groups is 1. The van der Waals surface area contributed by atoms with Crippen molar-refractivity contribution in [2.75, 3.05) is 27.6 Å². The van der Waals surface area contributed by atoms with Crippen LogP contribution in [0.15, 0.2) is 66.7 Å². The van der Waals surface area contributed by atoms with Gasteiger partial charge in [-0.2, -0.15) is 0 Å². The van der Waals surface area contributed by atoms with Gasteiger partial charge in [0.1, 0.15) is 11.5 Å². The molecule has 0 saturated carbocycles. The molecule has 0 bridgehead atoms. The first kappa shape index (κ1) is 23.5. The van der Waals surface area contributed by atoms with E-state index in [2.05, 4.69) is 12.1 Å². The molecule has 1 aliphatic heterocycles. The second kappa shape index (κ2) is 11.0. The molecule has 1 amide bonds. The van der Waals surface area contributed by atoms with Crippen LogP contribution in [0.3, 0.4) is 0 Å². The fourth-order valence-corrected chi connectivity index (χ4v) is 4.34. The molecule has 0 unspecified atom stereocenters. The van der Waals surface area contributed by atoms with E-state index >= 15 is 0 Å². The highest BCUT2D eigenvalue weighted by Crippen LogP contribution is 2.40. The summed E-state index contributed by atoms with van der Waals surface area (Å²) in [7, 11) is 3.34. The van der Waals surface area contributed by atoms with Crippen LogP contribution in [0.4, 0.5) is 0 Å². The molecule has 34 heavy (non-hydrogen) atoms. The predicted octanol–water partition coefficient (Wildman–Crippen LogP) is 5.39. The van der Waals surface area contributed by atoms with Gasteiger partial charge in [0.2, 0.25) is 12.7 Å². The van der Waals surface area contributed by atoms with Crippen LogP contribution in [0.1, 0.15) is 42.4 Å². The second-order valence-electron chi connectivity index (χ2n) is 8.21. The summed E-state index contributed by atoms with van der Waals surface area (Å²) < 4.78 is 22.1. The van der Waals surface area contributed by atoms with Gasteiger partial charge in [-0.05, 0) is 47.9 Å². The van der Waals surface area contributed by atoms with Gasteiger partial charge in [0.25, 0.3) is 0 Å². The Balaban J connectivity index is 1.60. The summed E-state index contributed by atoms with van der Waals surface area (Å²) in [6.07, 6.45) is 1.20. The normalized spacial score (nSPS) is 12.8. The van der Waals surface area contributed by atoms with E-state index in [0.29, 0.717) is 19.5 Å². The van der Waals surface area contributed by atoms with Crippen molar-refractivity contribution < 1.29 is 23.7 Å². The van der Waals surface area contributed by atoms with E-state index in [1.165, 1.54) is 0 Å². The Kier molecular flexibility index (Phi) is 7.58. The minimum absolute atomic E-state index is 0.0219. The van der Waals surface area contributed by atoms with E-state index in [4.69, 9.17) is 18.9 Å². The van der Waals surface area contributed by atoms with Crippen LogP contribution in [0.5, 0.6) is 23.0 Å². The predicted molar refractivity (Wildman–Crippen MR) is 131 cm³/mol. The van der Waals surface area contributed by atoms with Crippen molar-refractivity contribution >= 4 is 5.91 Å². The molecule has 0 fully saturated rings. The van der Waals surface area contributed by atoms with E-state index in [1.54, 1.807) is 14.2 Å². The fraction of sp³-hybridized carbons (Fsp3) is 0.321.